The highest BCUT2D eigenvalue weighted by Gasteiger charge is 2.53. The van der Waals surface area contributed by atoms with Crippen molar-refractivity contribution in [1.29, 1.82) is 0 Å². The predicted octanol–water partition coefficient (Wildman–Crippen LogP) is 1.81. The summed E-state index contributed by atoms with van der Waals surface area (Å²) in [6.45, 7) is -1.17. The Morgan fingerprint density at radius 2 is 1.74 bits per heavy atom. The summed E-state index contributed by atoms with van der Waals surface area (Å²) in [5.74, 6) is -6.24. The van der Waals surface area contributed by atoms with Crippen LogP contribution in [0.5, 0.6) is 5.75 Å². The second-order valence-electron chi connectivity index (χ2n) is 7.91. The number of rotatable bonds is 5. The number of nitrogens with one attached hydrogen (secondary N) is 2. The van der Waals surface area contributed by atoms with E-state index in [1.54, 1.807) is 0 Å². The molecular formula is C19H20F7N3O5. The summed E-state index contributed by atoms with van der Waals surface area (Å²) in [6.07, 6.45) is -11.3. The number of carbonyl (C=O) groups is 3. The first-order chi connectivity index (χ1) is 15.3. The molecule has 1 unspecified atom stereocenters. The number of alkyl halides is 6. The van der Waals surface area contributed by atoms with Gasteiger partial charge in [0.2, 0.25) is 5.60 Å². The van der Waals surface area contributed by atoms with Gasteiger partial charge in [-0.15, -0.1) is 0 Å². The van der Waals surface area contributed by atoms with E-state index >= 15 is 0 Å². The molecule has 0 spiro atoms. The third kappa shape index (κ3) is 5.87. The van der Waals surface area contributed by atoms with Crippen LogP contribution in [0.25, 0.3) is 0 Å². The molecule has 1 aromatic rings. The molecule has 1 aliphatic heterocycles. The first-order valence-corrected chi connectivity index (χ1v) is 9.53. The van der Waals surface area contributed by atoms with Crippen molar-refractivity contribution in [2.45, 2.75) is 50.4 Å². The molecule has 0 fully saturated rings. The smallest absolute Gasteiger partial charge is 0.406 e. The van der Waals surface area contributed by atoms with Crippen LogP contribution in [0.3, 0.4) is 0 Å². The summed E-state index contributed by atoms with van der Waals surface area (Å²) in [6, 6.07) is 2.44. The maximum absolute atomic E-state index is 13.8. The average Bonchev–Trinajstić information content (AvgIpc) is 2.75. The van der Waals surface area contributed by atoms with Crippen LogP contribution in [0.15, 0.2) is 18.2 Å². The number of aliphatic hydroxyl groups is 1. The molecular weight excluding hydrogens is 483 g/mol. The van der Waals surface area contributed by atoms with Crippen molar-refractivity contribution in [3.63, 3.8) is 0 Å². The number of fused-ring (bicyclic) bond motifs is 1. The lowest BCUT2D eigenvalue weighted by atomic mass is 9.91. The Balaban J connectivity index is 2.43. The second-order valence-corrected chi connectivity index (χ2v) is 7.91. The normalized spacial score (nSPS) is 22.7. The largest absolute Gasteiger partial charge is 0.486 e. The number of hydrogen-bond donors (Lipinski definition) is 3. The van der Waals surface area contributed by atoms with E-state index in [0.29, 0.717) is 13.0 Å². The average molecular weight is 503 g/mol. The van der Waals surface area contributed by atoms with Gasteiger partial charge in [-0.05, 0) is 32.9 Å². The molecule has 2 rings (SSSR count). The van der Waals surface area contributed by atoms with E-state index in [-0.39, 0.29) is 10.6 Å². The molecule has 1 aliphatic rings. The second kappa shape index (κ2) is 8.92. The Hall–Kier alpha value is -3.10. The molecule has 1 aromatic carbocycles. The maximum atomic E-state index is 13.8. The van der Waals surface area contributed by atoms with Crippen LogP contribution >= 0.6 is 0 Å². The third-order valence-electron chi connectivity index (χ3n) is 5.06. The molecule has 1 heterocycles. The molecule has 0 bridgehead atoms. The van der Waals surface area contributed by atoms with Gasteiger partial charge in [0.1, 0.15) is 30.8 Å². The van der Waals surface area contributed by atoms with Crippen LogP contribution in [0.2, 0.25) is 0 Å². The van der Waals surface area contributed by atoms with E-state index in [4.69, 9.17) is 4.74 Å². The van der Waals surface area contributed by atoms with Gasteiger partial charge >= 0.3 is 12.4 Å². The van der Waals surface area contributed by atoms with Gasteiger partial charge < -0.3 is 20.5 Å². The van der Waals surface area contributed by atoms with E-state index < -0.39 is 71.9 Å². The first-order valence-electron chi connectivity index (χ1n) is 9.53. The number of nitrogens with zero attached hydrogens (tertiary/aromatic N) is 1. The highest BCUT2D eigenvalue weighted by atomic mass is 19.4. The molecule has 0 saturated heterocycles. The Kier molecular flexibility index (Phi) is 7.13. The number of anilines is 1. The fraction of sp³-hybridized carbons (Fsp3) is 0.526. The molecule has 8 nitrogen and oxygen atoms in total. The van der Waals surface area contributed by atoms with E-state index in [2.05, 4.69) is 0 Å². The summed E-state index contributed by atoms with van der Waals surface area (Å²) in [5, 5.41) is 13.4. The number of benzene rings is 1. The SMILES string of the molecule is C[C@H]1Oc2ccc(F)cc2N(CC(F)(F)F)C(=O)[C@]1(C)NC(=O)C(C)(O)C(=O)NCC(F)(F)F. The Bertz CT molecular complexity index is 980. The van der Waals surface area contributed by atoms with Crippen molar-refractivity contribution >= 4 is 23.4 Å². The molecule has 3 N–H and O–H groups in total. The van der Waals surface area contributed by atoms with Crippen molar-refractivity contribution in [3.05, 3.63) is 24.0 Å². The molecule has 3 atom stereocenters. The fourth-order valence-corrected chi connectivity index (χ4v) is 2.98. The number of halogens is 7. The monoisotopic (exact) mass is 503 g/mol. The number of amides is 3. The minimum absolute atomic E-state index is 0.112. The minimum Gasteiger partial charge on any atom is -0.486 e. The molecule has 0 aromatic heterocycles. The lowest BCUT2D eigenvalue weighted by Crippen LogP contribution is -2.68. The van der Waals surface area contributed by atoms with Crippen molar-refractivity contribution in [2.24, 2.45) is 0 Å². The Morgan fingerprint density at radius 3 is 2.26 bits per heavy atom. The minimum atomic E-state index is -4.97. The highest BCUT2D eigenvalue weighted by molar-refractivity contribution is 6.11. The maximum Gasteiger partial charge on any atom is 0.406 e. The quantitative estimate of drug-likeness (QED) is 0.420. The molecule has 0 aliphatic carbocycles. The highest BCUT2D eigenvalue weighted by Crippen LogP contribution is 2.38. The van der Waals surface area contributed by atoms with Crippen LogP contribution in [0.4, 0.5) is 36.4 Å². The molecule has 0 radical (unpaired) electrons. The van der Waals surface area contributed by atoms with Crippen molar-refractivity contribution in [3.8, 4) is 5.75 Å². The zero-order valence-corrected chi connectivity index (χ0v) is 17.9. The van der Waals surface area contributed by atoms with Crippen molar-refractivity contribution < 1.29 is 55.0 Å². The summed E-state index contributed by atoms with van der Waals surface area (Å²) in [5.41, 5.74) is -6.14. The van der Waals surface area contributed by atoms with Crippen LogP contribution in [-0.4, -0.2) is 65.5 Å². The number of carbonyl (C=O) groups excluding carboxylic acids is 3. The summed E-state index contributed by atoms with van der Waals surface area (Å²) >= 11 is 0. The van der Waals surface area contributed by atoms with Crippen LogP contribution < -0.4 is 20.3 Å². The van der Waals surface area contributed by atoms with Crippen LogP contribution in [0.1, 0.15) is 20.8 Å². The van der Waals surface area contributed by atoms with Crippen molar-refractivity contribution in [1.82, 2.24) is 10.6 Å². The Morgan fingerprint density at radius 1 is 1.15 bits per heavy atom. The standard InChI is InChI=1S/C19H20F7N3O5/c1-9-16(2,28-14(31)17(3,33)13(30)27-7-18(21,22)23)15(32)29(8-19(24,25)26)11-6-10(20)4-5-12(11)34-9/h4-6,9,33H,7-8H2,1-3H3,(H,27,30)(H,28,31)/t9-,16-,17?/m1/s1. The zero-order valence-electron chi connectivity index (χ0n) is 17.9. The van der Waals surface area contributed by atoms with E-state index in [1.807, 2.05) is 5.32 Å². The molecule has 15 heteroatoms. The lowest BCUT2D eigenvalue weighted by molar-refractivity contribution is -0.160. The van der Waals surface area contributed by atoms with Gasteiger partial charge in [-0.1, -0.05) is 0 Å². The summed E-state index contributed by atoms with van der Waals surface area (Å²) in [4.78, 5) is 37.9. The topological polar surface area (TPSA) is 108 Å². The van der Waals surface area contributed by atoms with Crippen LogP contribution in [-0.2, 0) is 14.4 Å². The molecule has 190 valence electrons. The summed E-state index contributed by atoms with van der Waals surface area (Å²) in [7, 11) is 0. The van der Waals surface area contributed by atoms with E-state index in [1.165, 1.54) is 12.2 Å². The third-order valence-corrected chi connectivity index (χ3v) is 5.06. The number of hydrogen-bond acceptors (Lipinski definition) is 5. The van der Waals surface area contributed by atoms with E-state index in [9.17, 15) is 50.2 Å². The van der Waals surface area contributed by atoms with Gasteiger partial charge in [-0.25, -0.2) is 4.39 Å². The Labute approximate surface area is 188 Å². The number of ether oxygens (including phenoxy) is 1. The molecule has 3 amide bonds. The van der Waals surface area contributed by atoms with Gasteiger partial charge in [0.05, 0.1) is 5.69 Å². The van der Waals surface area contributed by atoms with Gasteiger partial charge in [0, 0.05) is 6.07 Å². The van der Waals surface area contributed by atoms with Gasteiger partial charge in [-0.2, -0.15) is 26.3 Å². The summed E-state index contributed by atoms with van der Waals surface area (Å²) < 4.78 is 95.9. The first kappa shape index (κ1) is 27.1. The predicted molar refractivity (Wildman–Crippen MR) is 101 cm³/mol. The molecule has 34 heavy (non-hydrogen) atoms. The van der Waals surface area contributed by atoms with Gasteiger partial charge in [0.25, 0.3) is 17.7 Å². The zero-order chi connectivity index (χ0) is 26.3. The van der Waals surface area contributed by atoms with Crippen molar-refractivity contribution in [2.75, 3.05) is 18.0 Å². The van der Waals surface area contributed by atoms with Gasteiger partial charge in [-0.3, -0.25) is 19.3 Å². The lowest BCUT2D eigenvalue weighted by Gasteiger charge is -2.37. The van der Waals surface area contributed by atoms with Crippen LogP contribution in [0, 0.1) is 5.82 Å². The van der Waals surface area contributed by atoms with E-state index in [0.717, 1.165) is 19.1 Å². The van der Waals surface area contributed by atoms with Gasteiger partial charge in [0.15, 0.2) is 5.54 Å². The fourth-order valence-electron chi connectivity index (χ4n) is 2.98. The molecule has 0 saturated carbocycles.